The van der Waals surface area contributed by atoms with E-state index in [0.29, 0.717) is 11.4 Å². The molecule has 0 saturated heterocycles. The molecule has 1 aromatic heterocycles. The average Bonchev–Trinajstić information content (AvgIpc) is 2.77. The van der Waals surface area contributed by atoms with E-state index in [1.807, 2.05) is 18.2 Å². The molecule has 18 heavy (non-hydrogen) atoms. The van der Waals surface area contributed by atoms with E-state index in [4.69, 9.17) is 11.0 Å². The topological polar surface area (TPSA) is 67.6 Å². The van der Waals surface area contributed by atoms with Crippen LogP contribution >= 0.6 is 11.8 Å². The molecule has 0 radical (unpaired) electrons. The van der Waals surface area contributed by atoms with Gasteiger partial charge in [0.1, 0.15) is 10.8 Å². The molecule has 2 aromatic rings. The smallest absolute Gasteiger partial charge is 0.128 e. The summed E-state index contributed by atoms with van der Waals surface area (Å²) < 4.78 is 1.67. The normalized spacial score (nSPS) is 10.2. The first-order chi connectivity index (χ1) is 8.74. The largest absolute Gasteiger partial charge is 0.384 e. The first-order valence-electron chi connectivity index (χ1n) is 5.73. The Labute approximate surface area is 110 Å². The van der Waals surface area contributed by atoms with Gasteiger partial charge in [-0.3, -0.25) is 0 Å². The number of rotatable bonds is 4. The summed E-state index contributed by atoms with van der Waals surface area (Å²) in [4.78, 5) is 0. The van der Waals surface area contributed by atoms with E-state index in [2.05, 4.69) is 18.1 Å². The highest BCUT2D eigenvalue weighted by molar-refractivity contribution is 7.99. The number of nitrogens with zero attached hydrogens (tertiary/aromatic N) is 3. The third-order valence-corrected chi connectivity index (χ3v) is 3.50. The van der Waals surface area contributed by atoms with Crippen molar-refractivity contribution in [3.63, 3.8) is 0 Å². The SMILES string of the molecule is CCCSc1cc(N)n(-c2cccc(C#N)c2)n1. The van der Waals surface area contributed by atoms with Crippen LogP contribution in [0.1, 0.15) is 18.9 Å². The molecule has 1 heterocycles. The molecule has 0 spiro atoms. The number of anilines is 1. The zero-order valence-electron chi connectivity index (χ0n) is 10.1. The molecular weight excluding hydrogens is 244 g/mol. The summed E-state index contributed by atoms with van der Waals surface area (Å²) in [5.41, 5.74) is 7.36. The summed E-state index contributed by atoms with van der Waals surface area (Å²) in [5.74, 6) is 1.61. The summed E-state index contributed by atoms with van der Waals surface area (Å²) >= 11 is 1.68. The Morgan fingerprint density at radius 3 is 3.00 bits per heavy atom. The maximum absolute atomic E-state index is 8.88. The number of thioether (sulfide) groups is 1. The lowest BCUT2D eigenvalue weighted by Gasteiger charge is -2.03. The van der Waals surface area contributed by atoms with Crippen molar-refractivity contribution < 1.29 is 0 Å². The summed E-state index contributed by atoms with van der Waals surface area (Å²) in [7, 11) is 0. The number of nitrogen functional groups attached to an aromatic ring is 1. The van der Waals surface area contributed by atoms with Crippen LogP contribution < -0.4 is 5.73 Å². The molecule has 0 saturated carbocycles. The molecule has 0 bridgehead atoms. The molecule has 92 valence electrons. The van der Waals surface area contributed by atoms with E-state index >= 15 is 0 Å². The van der Waals surface area contributed by atoms with Crippen molar-refractivity contribution in [2.75, 3.05) is 11.5 Å². The molecule has 2 rings (SSSR count). The highest BCUT2D eigenvalue weighted by Crippen LogP contribution is 2.22. The van der Waals surface area contributed by atoms with Crippen molar-refractivity contribution in [2.45, 2.75) is 18.4 Å². The third kappa shape index (κ3) is 2.66. The number of hydrogen-bond acceptors (Lipinski definition) is 4. The van der Waals surface area contributed by atoms with Crippen LogP contribution in [0.2, 0.25) is 0 Å². The van der Waals surface area contributed by atoms with Crippen molar-refractivity contribution in [3.05, 3.63) is 35.9 Å². The summed E-state index contributed by atoms with van der Waals surface area (Å²) in [5, 5.41) is 14.2. The van der Waals surface area contributed by atoms with Gasteiger partial charge in [-0.2, -0.15) is 10.4 Å². The minimum absolute atomic E-state index is 0.587. The maximum atomic E-state index is 8.88. The molecule has 0 atom stereocenters. The van der Waals surface area contributed by atoms with Gasteiger partial charge >= 0.3 is 0 Å². The number of hydrogen-bond donors (Lipinski definition) is 1. The van der Waals surface area contributed by atoms with Crippen LogP contribution in [0.3, 0.4) is 0 Å². The Morgan fingerprint density at radius 2 is 2.28 bits per heavy atom. The minimum atomic E-state index is 0.587. The molecule has 1 aromatic carbocycles. The van der Waals surface area contributed by atoms with Crippen LogP contribution in [0.15, 0.2) is 35.4 Å². The molecule has 0 amide bonds. The molecular formula is C13H14N4S. The summed E-state index contributed by atoms with van der Waals surface area (Å²) in [6.45, 7) is 2.13. The minimum Gasteiger partial charge on any atom is -0.384 e. The standard InChI is InChI=1S/C13H14N4S/c1-2-6-18-13-8-12(15)17(16-13)11-5-3-4-10(7-11)9-14/h3-5,7-8H,2,6,15H2,1H3. The van der Waals surface area contributed by atoms with Crippen molar-refractivity contribution in [2.24, 2.45) is 0 Å². The van der Waals surface area contributed by atoms with E-state index < -0.39 is 0 Å². The van der Waals surface area contributed by atoms with Crippen LogP contribution in [0.4, 0.5) is 5.82 Å². The van der Waals surface area contributed by atoms with Crippen LogP contribution in [-0.2, 0) is 0 Å². The summed E-state index contributed by atoms with van der Waals surface area (Å²) in [6.07, 6.45) is 1.10. The third-order valence-electron chi connectivity index (χ3n) is 2.39. The van der Waals surface area contributed by atoms with E-state index in [1.165, 1.54) is 0 Å². The average molecular weight is 258 g/mol. The molecule has 2 N–H and O–H groups in total. The van der Waals surface area contributed by atoms with Gasteiger partial charge in [0.25, 0.3) is 0 Å². The molecule has 0 aliphatic carbocycles. The quantitative estimate of drug-likeness (QED) is 0.856. The van der Waals surface area contributed by atoms with Gasteiger partial charge in [-0.25, -0.2) is 4.68 Å². The Hall–Kier alpha value is -1.93. The molecule has 0 aliphatic rings. The van der Waals surface area contributed by atoms with E-state index in [1.54, 1.807) is 28.6 Å². The van der Waals surface area contributed by atoms with E-state index in [-0.39, 0.29) is 0 Å². The van der Waals surface area contributed by atoms with E-state index in [0.717, 1.165) is 22.9 Å². The fourth-order valence-corrected chi connectivity index (χ4v) is 2.32. The molecule has 4 nitrogen and oxygen atoms in total. The lowest BCUT2D eigenvalue weighted by Crippen LogP contribution is -2.01. The zero-order valence-corrected chi connectivity index (χ0v) is 10.9. The lowest BCUT2D eigenvalue weighted by atomic mass is 10.2. The fraction of sp³-hybridized carbons (Fsp3) is 0.231. The first-order valence-corrected chi connectivity index (χ1v) is 6.72. The van der Waals surface area contributed by atoms with Crippen LogP contribution in [0, 0.1) is 11.3 Å². The second-order valence-electron chi connectivity index (χ2n) is 3.83. The van der Waals surface area contributed by atoms with Crippen LogP contribution in [0.25, 0.3) is 5.69 Å². The number of aromatic nitrogens is 2. The highest BCUT2D eigenvalue weighted by Gasteiger charge is 2.07. The van der Waals surface area contributed by atoms with Gasteiger partial charge in [-0.15, -0.1) is 11.8 Å². The second kappa shape index (κ2) is 5.61. The van der Waals surface area contributed by atoms with Gasteiger partial charge in [0.2, 0.25) is 0 Å². The monoisotopic (exact) mass is 258 g/mol. The van der Waals surface area contributed by atoms with Gasteiger partial charge in [-0.1, -0.05) is 13.0 Å². The maximum Gasteiger partial charge on any atom is 0.128 e. The predicted molar refractivity (Wildman–Crippen MR) is 73.7 cm³/mol. The second-order valence-corrected chi connectivity index (χ2v) is 4.95. The van der Waals surface area contributed by atoms with Gasteiger partial charge in [0.05, 0.1) is 17.3 Å². The van der Waals surface area contributed by atoms with Gasteiger partial charge in [-0.05, 0) is 30.4 Å². The predicted octanol–water partition coefficient (Wildman–Crippen LogP) is 2.83. The van der Waals surface area contributed by atoms with Crippen molar-refractivity contribution in [1.82, 2.24) is 9.78 Å². The fourth-order valence-electron chi connectivity index (χ4n) is 1.56. The Morgan fingerprint density at radius 1 is 1.44 bits per heavy atom. The van der Waals surface area contributed by atoms with E-state index in [9.17, 15) is 0 Å². The first kappa shape index (κ1) is 12.5. The van der Waals surface area contributed by atoms with Crippen molar-refractivity contribution in [1.29, 1.82) is 5.26 Å². The van der Waals surface area contributed by atoms with Crippen molar-refractivity contribution in [3.8, 4) is 11.8 Å². The van der Waals surface area contributed by atoms with Crippen molar-refractivity contribution >= 4 is 17.6 Å². The number of nitrogens with two attached hydrogens (primary N) is 1. The zero-order chi connectivity index (χ0) is 13.0. The van der Waals surface area contributed by atoms with Gasteiger partial charge in [0, 0.05) is 6.07 Å². The Kier molecular flexibility index (Phi) is 3.90. The molecule has 0 fully saturated rings. The van der Waals surface area contributed by atoms with Crippen LogP contribution in [0.5, 0.6) is 0 Å². The molecule has 5 heteroatoms. The summed E-state index contributed by atoms with van der Waals surface area (Å²) in [6, 6.07) is 11.2. The Bertz CT molecular complexity index is 583. The lowest BCUT2D eigenvalue weighted by molar-refractivity contribution is 0.844. The van der Waals surface area contributed by atoms with Gasteiger partial charge < -0.3 is 5.73 Å². The Balaban J connectivity index is 2.32. The number of benzene rings is 1. The van der Waals surface area contributed by atoms with Crippen LogP contribution in [-0.4, -0.2) is 15.5 Å². The molecule has 0 unspecified atom stereocenters. The molecule has 0 aliphatic heterocycles. The van der Waals surface area contributed by atoms with Gasteiger partial charge in [0.15, 0.2) is 0 Å². The number of nitriles is 1. The highest BCUT2D eigenvalue weighted by atomic mass is 32.2.